The van der Waals surface area contributed by atoms with Gasteiger partial charge in [0.15, 0.2) is 6.61 Å². The van der Waals surface area contributed by atoms with Crippen LogP contribution >= 0.6 is 0 Å². The van der Waals surface area contributed by atoms with Crippen LogP contribution in [0.5, 0.6) is 11.5 Å². The van der Waals surface area contributed by atoms with E-state index in [-0.39, 0.29) is 25.1 Å². The molecular weight excluding hydrogens is 322 g/mol. The Labute approximate surface area is 148 Å². The molecule has 6 nitrogen and oxygen atoms in total. The van der Waals surface area contributed by atoms with Crippen molar-refractivity contribution in [3.63, 3.8) is 0 Å². The lowest BCUT2D eigenvalue weighted by molar-refractivity contribution is -0.143. The lowest BCUT2D eigenvalue weighted by Gasteiger charge is -2.24. The number of hydrogen-bond acceptors (Lipinski definition) is 4. The fourth-order valence-corrected chi connectivity index (χ4v) is 2.36. The molecule has 0 aliphatic heterocycles. The van der Waals surface area contributed by atoms with Gasteiger partial charge >= 0.3 is 5.97 Å². The molecule has 1 unspecified atom stereocenters. The molecule has 1 N–H and O–H groups in total. The topological polar surface area (TPSA) is 76.1 Å². The fraction of sp³-hybridized carbons (Fsp3) is 0.579. The molecule has 2 rings (SSSR count). The van der Waals surface area contributed by atoms with Crippen LogP contribution in [0, 0.1) is 11.8 Å². The van der Waals surface area contributed by atoms with E-state index in [1.165, 1.54) is 0 Å². The van der Waals surface area contributed by atoms with Crippen LogP contribution in [0.1, 0.15) is 33.6 Å². The predicted octanol–water partition coefficient (Wildman–Crippen LogP) is 2.81. The van der Waals surface area contributed by atoms with E-state index in [9.17, 15) is 9.59 Å². The highest BCUT2D eigenvalue weighted by Crippen LogP contribution is 2.28. The molecule has 25 heavy (non-hydrogen) atoms. The van der Waals surface area contributed by atoms with Gasteiger partial charge in [-0.15, -0.1) is 0 Å². The Hall–Kier alpha value is -2.24. The molecule has 1 saturated carbocycles. The Morgan fingerprint density at radius 1 is 1.20 bits per heavy atom. The molecule has 1 aromatic rings. The Balaban J connectivity index is 1.89. The molecule has 0 spiro atoms. The van der Waals surface area contributed by atoms with Crippen molar-refractivity contribution in [3.05, 3.63) is 24.3 Å². The minimum Gasteiger partial charge on any atom is -0.493 e. The van der Waals surface area contributed by atoms with Gasteiger partial charge in [0.25, 0.3) is 5.91 Å². The first kappa shape index (κ1) is 19.1. The van der Waals surface area contributed by atoms with Crippen molar-refractivity contribution in [3.8, 4) is 11.5 Å². The number of carboxylic acid groups (broad SMARTS) is 1. The maximum atomic E-state index is 12.4. The molecule has 1 amide bonds. The van der Waals surface area contributed by atoms with Crippen LogP contribution in [0.25, 0.3) is 0 Å². The summed E-state index contributed by atoms with van der Waals surface area (Å²) in [5.74, 6) is 0.0408. The third kappa shape index (κ3) is 6.29. The number of rotatable bonds is 10. The van der Waals surface area contributed by atoms with Crippen LogP contribution in [0.3, 0.4) is 0 Å². The number of ether oxygens (including phenoxy) is 2. The van der Waals surface area contributed by atoms with Gasteiger partial charge in [-0.25, -0.2) is 0 Å². The molecule has 6 heteroatoms. The summed E-state index contributed by atoms with van der Waals surface area (Å²) in [5.41, 5.74) is 0. The minimum atomic E-state index is -0.894. The Morgan fingerprint density at radius 2 is 1.84 bits per heavy atom. The van der Waals surface area contributed by atoms with Crippen molar-refractivity contribution in [1.82, 2.24) is 4.90 Å². The summed E-state index contributed by atoms with van der Waals surface area (Å²) < 4.78 is 11.2. The average Bonchev–Trinajstić information content (AvgIpc) is 3.40. The summed E-state index contributed by atoms with van der Waals surface area (Å²) in [6.07, 6.45) is 1.85. The monoisotopic (exact) mass is 349 g/mol. The minimum absolute atomic E-state index is 0.101. The second-order valence-electron chi connectivity index (χ2n) is 6.98. The zero-order valence-electron chi connectivity index (χ0n) is 15.1. The molecule has 1 aliphatic rings. The standard InChI is InChI=1S/C19H27NO5/c1-13(2)11-24-16-5-4-6-17(9-16)25-12-18(21)20(15-7-8-15)10-14(3)19(22)23/h4-6,9,13-15H,7-8,10-12H2,1-3H3,(H,22,23). The van der Waals surface area contributed by atoms with Crippen LogP contribution in [0.4, 0.5) is 0 Å². The van der Waals surface area contributed by atoms with E-state index >= 15 is 0 Å². The van der Waals surface area contributed by atoms with Crippen molar-refractivity contribution < 1.29 is 24.2 Å². The van der Waals surface area contributed by atoms with E-state index in [1.807, 2.05) is 12.1 Å². The summed E-state index contributed by atoms with van der Waals surface area (Å²) in [6, 6.07) is 7.36. The molecule has 1 aromatic carbocycles. The molecule has 1 aliphatic carbocycles. The Kier molecular flexibility index (Phi) is 6.67. The number of amides is 1. The molecule has 0 heterocycles. The van der Waals surface area contributed by atoms with Crippen LogP contribution in [0.2, 0.25) is 0 Å². The predicted molar refractivity (Wildman–Crippen MR) is 93.8 cm³/mol. The van der Waals surface area contributed by atoms with Crippen molar-refractivity contribution in [2.45, 2.75) is 39.7 Å². The van der Waals surface area contributed by atoms with Gasteiger partial charge in [0, 0.05) is 18.7 Å². The number of carbonyl (C=O) groups is 2. The van der Waals surface area contributed by atoms with E-state index in [0.717, 1.165) is 12.8 Å². The number of benzene rings is 1. The number of hydrogen-bond donors (Lipinski definition) is 1. The lowest BCUT2D eigenvalue weighted by atomic mass is 10.1. The maximum Gasteiger partial charge on any atom is 0.308 e. The van der Waals surface area contributed by atoms with E-state index in [1.54, 1.807) is 24.0 Å². The second kappa shape index (κ2) is 8.74. The molecule has 1 fully saturated rings. The first-order chi connectivity index (χ1) is 11.9. The molecule has 0 saturated heterocycles. The number of aliphatic carboxylic acids is 1. The molecule has 0 radical (unpaired) electrons. The van der Waals surface area contributed by atoms with Gasteiger partial charge in [0.2, 0.25) is 0 Å². The third-order valence-electron chi connectivity index (χ3n) is 3.95. The number of carboxylic acids is 1. The van der Waals surface area contributed by atoms with E-state index in [2.05, 4.69) is 13.8 Å². The normalized spacial score (nSPS) is 14.9. The smallest absolute Gasteiger partial charge is 0.308 e. The molecular formula is C19H27NO5. The van der Waals surface area contributed by atoms with Gasteiger partial charge in [0.1, 0.15) is 11.5 Å². The van der Waals surface area contributed by atoms with Crippen LogP contribution in [-0.2, 0) is 9.59 Å². The summed E-state index contributed by atoms with van der Waals surface area (Å²) in [7, 11) is 0. The van der Waals surface area contributed by atoms with Crippen molar-refractivity contribution in [2.75, 3.05) is 19.8 Å². The van der Waals surface area contributed by atoms with E-state index < -0.39 is 11.9 Å². The molecule has 0 aromatic heterocycles. The van der Waals surface area contributed by atoms with Crippen LogP contribution in [0.15, 0.2) is 24.3 Å². The van der Waals surface area contributed by atoms with E-state index in [0.29, 0.717) is 24.0 Å². The quantitative estimate of drug-likeness (QED) is 0.703. The molecule has 0 bridgehead atoms. The first-order valence-electron chi connectivity index (χ1n) is 8.74. The largest absolute Gasteiger partial charge is 0.493 e. The Bertz CT molecular complexity index is 597. The summed E-state index contributed by atoms with van der Waals surface area (Å²) in [4.78, 5) is 25.1. The Morgan fingerprint density at radius 3 is 2.40 bits per heavy atom. The van der Waals surface area contributed by atoms with Crippen LogP contribution < -0.4 is 9.47 Å². The van der Waals surface area contributed by atoms with Crippen molar-refractivity contribution in [1.29, 1.82) is 0 Å². The molecule has 138 valence electrons. The highest BCUT2D eigenvalue weighted by molar-refractivity contribution is 5.79. The zero-order valence-corrected chi connectivity index (χ0v) is 15.1. The number of nitrogens with zero attached hydrogens (tertiary/aromatic N) is 1. The van der Waals surface area contributed by atoms with E-state index in [4.69, 9.17) is 14.6 Å². The summed E-state index contributed by atoms with van der Waals surface area (Å²) >= 11 is 0. The van der Waals surface area contributed by atoms with Crippen LogP contribution in [-0.4, -0.2) is 47.7 Å². The second-order valence-corrected chi connectivity index (χ2v) is 6.98. The zero-order chi connectivity index (χ0) is 18.4. The van der Waals surface area contributed by atoms with Gasteiger partial charge in [-0.2, -0.15) is 0 Å². The first-order valence-corrected chi connectivity index (χ1v) is 8.74. The van der Waals surface area contributed by atoms with Gasteiger partial charge in [-0.05, 0) is 30.9 Å². The lowest BCUT2D eigenvalue weighted by Crippen LogP contribution is -2.41. The van der Waals surface area contributed by atoms with Crippen molar-refractivity contribution in [2.24, 2.45) is 11.8 Å². The van der Waals surface area contributed by atoms with Gasteiger partial charge in [-0.3, -0.25) is 9.59 Å². The highest BCUT2D eigenvalue weighted by atomic mass is 16.5. The SMILES string of the molecule is CC(C)COc1cccc(OCC(=O)N(CC(C)C(=O)O)C2CC2)c1. The highest BCUT2D eigenvalue weighted by Gasteiger charge is 2.34. The summed E-state index contributed by atoms with van der Waals surface area (Å²) in [5, 5.41) is 9.06. The van der Waals surface area contributed by atoms with Crippen molar-refractivity contribution >= 4 is 11.9 Å². The fourth-order valence-electron chi connectivity index (χ4n) is 2.36. The number of carbonyl (C=O) groups excluding carboxylic acids is 1. The maximum absolute atomic E-state index is 12.4. The van der Waals surface area contributed by atoms with Gasteiger partial charge in [-0.1, -0.05) is 26.8 Å². The summed E-state index contributed by atoms with van der Waals surface area (Å²) in [6.45, 7) is 6.50. The third-order valence-corrected chi connectivity index (χ3v) is 3.95. The average molecular weight is 349 g/mol. The van der Waals surface area contributed by atoms with Gasteiger partial charge in [0.05, 0.1) is 12.5 Å². The van der Waals surface area contributed by atoms with Gasteiger partial charge < -0.3 is 19.5 Å². The molecule has 1 atom stereocenters.